The maximum Gasteiger partial charge on any atom is 0.334 e. The van der Waals surface area contributed by atoms with Crippen LogP contribution in [0, 0.1) is 5.92 Å². The summed E-state index contributed by atoms with van der Waals surface area (Å²) in [5, 5.41) is 20.7. The fourth-order valence-electron chi connectivity index (χ4n) is 3.14. The highest BCUT2D eigenvalue weighted by Gasteiger charge is 2.46. The number of rotatable bonds is 3. The number of aliphatic hydroxyl groups excluding tert-OH is 2. The average Bonchev–Trinajstić information content (AvgIpc) is 2.88. The van der Waals surface area contributed by atoms with Crippen molar-refractivity contribution in [3.63, 3.8) is 0 Å². The third kappa shape index (κ3) is 4.14. The number of aliphatic hydroxyl groups is 2. The first kappa shape index (κ1) is 20.1. The number of esters is 2. The molecule has 2 aliphatic rings. The van der Waals surface area contributed by atoms with Gasteiger partial charge in [0.2, 0.25) is 0 Å². The molecule has 6 nitrogen and oxygen atoms in total. The molecule has 6 heteroatoms. The van der Waals surface area contributed by atoms with Crippen molar-refractivity contribution in [3.05, 3.63) is 47.1 Å². The van der Waals surface area contributed by atoms with E-state index in [4.69, 9.17) is 9.47 Å². The molecule has 26 heavy (non-hydrogen) atoms. The fraction of sp³-hybridized carbons (Fsp3) is 0.500. The van der Waals surface area contributed by atoms with Crippen molar-refractivity contribution in [2.75, 3.05) is 6.61 Å². The Bertz CT molecular complexity index is 684. The van der Waals surface area contributed by atoms with E-state index in [0.717, 1.165) is 5.57 Å². The summed E-state index contributed by atoms with van der Waals surface area (Å²) in [7, 11) is 0. The fourth-order valence-corrected chi connectivity index (χ4v) is 3.14. The molecule has 2 rings (SSSR count). The van der Waals surface area contributed by atoms with Crippen LogP contribution in [0.4, 0.5) is 0 Å². The van der Waals surface area contributed by atoms with Gasteiger partial charge in [0.15, 0.2) is 6.10 Å². The summed E-state index contributed by atoms with van der Waals surface area (Å²) in [6.07, 6.45) is 3.44. The standard InChI is InChI=1S/C20H26O6/c1-5-12(3)19(23)26-18-14(10-21)8-6-7-11(2)9-15-16(17(18)22)13(4)20(24)25-15/h5,8-9,15-18,21-22H,4,6-7,10H2,1-3H3/b11-9+,12-5-,14-8+/t15-,16-,17+,18-/m0/s1. The molecule has 0 bridgehead atoms. The topological polar surface area (TPSA) is 93.1 Å². The highest BCUT2D eigenvalue weighted by Crippen LogP contribution is 2.35. The van der Waals surface area contributed by atoms with Crippen LogP contribution in [0.2, 0.25) is 0 Å². The molecule has 0 saturated carbocycles. The summed E-state index contributed by atoms with van der Waals surface area (Å²) >= 11 is 0. The van der Waals surface area contributed by atoms with Crippen LogP contribution in [-0.4, -0.2) is 47.1 Å². The lowest BCUT2D eigenvalue weighted by molar-refractivity contribution is -0.150. The van der Waals surface area contributed by atoms with Gasteiger partial charge < -0.3 is 19.7 Å². The molecule has 1 aliphatic heterocycles. The number of fused-ring (bicyclic) bond motifs is 1. The summed E-state index contributed by atoms with van der Waals surface area (Å²) in [6, 6.07) is 0. The van der Waals surface area contributed by atoms with Gasteiger partial charge >= 0.3 is 11.9 Å². The zero-order valence-corrected chi connectivity index (χ0v) is 15.4. The second-order valence-corrected chi connectivity index (χ2v) is 6.70. The molecule has 0 spiro atoms. The number of hydrogen-bond acceptors (Lipinski definition) is 6. The molecule has 2 N–H and O–H groups in total. The van der Waals surface area contributed by atoms with Gasteiger partial charge in [-0.2, -0.15) is 0 Å². The second-order valence-electron chi connectivity index (χ2n) is 6.70. The molecule has 1 aliphatic carbocycles. The number of allylic oxidation sites excluding steroid dienone is 3. The first-order valence-electron chi connectivity index (χ1n) is 8.69. The van der Waals surface area contributed by atoms with Crippen molar-refractivity contribution >= 4 is 11.9 Å². The normalized spacial score (nSPS) is 34.1. The molecule has 0 aromatic heterocycles. The maximum absolute atomic E-state index is 12.2. The minimum Gasteiger partial charge on any atom is -0.454 e. The summed E-state index contributed by atoms with van der Waals surface area (Å²) in [4.78, 5) is 24.2. The molecule has 0 radical (unpaired) electrons. The molecule has 0 aromatic rings. The van der Waals surface area contributed by atoms with Crippen LogP contribution in [0.15, 0.2) is 47.1 Å². The molecule has 1 saturated heterocycles. The summed E-state index contributed by atoms with van der Waals surface area (Å²) in [5.41, 5.74) is 1.92. The molecule has 0 unspecified atom stereocenters. The molecular formula is C20H26O6. The van der Waals surface area contributed by atoms with Crippen molar-refractivity contribution in [2.24, 2.45) is 5.92 Å². The Morgan fingerprint density at radius 1 is 1.50 bits per heavy atom. The predicted octanol–water partition coefficient (Wildman–Crippen LogP) is 1.98. The van der Waals surface area contributed by atoms with E-state index in [0.29, 0.717) is 24.0 Å². The molecule has 0 amide bonds. The van der Waals surface area contributed by atoms with Gasteiger partial charge in [-0.25, -0.2) is 9.59 Å². The molecule has 142 valence electrons. The van der Waals surface area contributed by atoms with Gasteiger partial charge in [0.25, 0.3) is 0 Å². The van der Waals surface area contributed by atoms with Gasteiger partial charge in [-0.3, -0.25) is 0 Å². The smallest absolute Gasteiger partial charge is 0.334 e. The van der Waals surface area contributed by atoms with Crippen LogP contribution < -0.4 is 0 Å². The Balaban J connectivity index is 2.45. The third-order valence-corrected chi connectivity index (χ3v) is 4.87. The molecule has 1 heterocycles. The van der Waals surface area contributed by atoms with E-state index in [-0.39, 0.29) is 12.2 Å². The molecule has 1 fully saturated rings. The van der Waals surface area contributed by atoms with E-state index in [1.165, 1.54) is 0 Å². The van der Waals surface area contributed by atoms with E-state index in [1.54, 1.807) is 32.1 Å². The van der Waals surface area contributed by atoms with Crippen molar-refractivity contribution in [1.29, 1.82) is 0 Å². The maximum atomic E-state index is 12.2. The zero-order valence-electron chi connectivity index (χ0n) is 15.4. The molecular weight excluding hydrogens is 336 g/mol. The highest BCUT2D eigenvalue weighted by atomic mass is 16.6. The number of hydrogen-bond donors (Lipinski definition) is 2. The quantitative estimate of drug-likeness (QED) is 0.453. The van der Waals surface area contributed by atoms with E-state index in [9.17, 15) is 19.8 Å². The van der Waals surface area contributed by atoms with Gasteiger partial charge in [-0.1, -0.05) is 24.3 Å². The van der Waals surface area contributed by atoms with Crippen LogP contribution in [0.5, 0.6) is 0 Å². The lowest BCUT2D eigenvalue weighted by Crippen LogP contribution is -2.42. The summed E-state index contributed by atoms with van der Waals surface area (Å²) in [6.45, 7) is 8.60. The van der Waals surface area contributed by atoms with E-state index in [1.807, 2.05) is 6.92 Å². The van der Waals surface area contributed by atoms with Crippen molar-refractivity contribution < 1.29 is 29.3 Å². The Labute approximate surface area is 153 Å². The van der Waals surface area contributed by atoms with E-state index >= 15 is 0 Å². The second kappa shape index (κ2) is 8.47. The van der Waals surface area contributed by atoms with Crippen LogP contribution in [0.3, 0.4) is 0 Å². The Morgan fingerprint density at radius 3 is 2.81 bits per heavy atom. The SMILES string of the molecule is C=C1C(=O)O[C@H]2/C=C(\C)CC/C=C(\CO)[C@H](OC(=O)/C(C)=C\C)[C@H](O)[C@@H]12. The molecule has 0 aromatic carbocycles. The van der Waals surface area contributed by atoms with Crippen molar-refractivity contribution in [3.8, 4) is 0 Å². The first-order chi connectivity index (χ1) is 12.3. The number of carbonyl (C=O) groups is 2. The summed E-state index contributed by atoms with van der Waals surface area (Å²) in [5.74, 6) is -1.92. The van der Waals surface area contributed by atoms with Gasteiger partial charge in [-0.15, -0.1) is 0 Å². The van der Waals surface area contributed by atoms with Crippen LogP contribution in [0.1, 0.15) is 33.6 Å². The van der Waals surface area contributed by atoms with Gasteiger partial charge in [0.1, 0.15) is 12.2 Å². The summed E-state index contributed by atoms with van der Waals surface area (Å²) < 4.78 is 10.8. The lowest BCUT2D eigenvalue weighted by atomic mass is 9.84. The van der Waals surface area contributed by atoms with Gasteiger partial charge in [0, 0.05) is 11.1 Å². The Hall–Kier alpha value is -2.18. The monoisotopic (exact) mass is 362 g/mol. The predicted molar refractivity (Wildman–Crippen MR) is 96.0 cm³/mol. The van der Waals surface area contributed by atoms with Crippen molar-refractivity contribution in [1.82, 2.24) is 0 Å². The average molecular weight is 362 g/mol. The number of carbonyl (C=O) groups excluding carboxylic acids is 2. The largest absolute Gasteiger partial charge is 0.454 e. The Morgan fingerprint density at radius 2 is 2.19 bits per heavy atom. The third-order valence-electron chi connectivity index (χ3n) is 4.87. The zero-order chi connectivity index (χ0) is 19.4. The molecule has 4 atom stereocenters. The van der Waals surface area contributed by atoms with E-state index in [2.05, 4.69) is 6.58 Å². The van der Waals surface area contributed by atoms with Crippen LogP contribution in [-0.2, 0) is 19.1 Å². The first-order valence-corrected chi connectivity index (χ1v) is 8.69. The minimum absolute atomic E-state index is 0.133. The lowest BCUT2D eigenvalue weighted by Gasteiger charge is -2.31. The van der Waals surface area contributed by atoms with E-state index < -0.39 is 36.2 Å². The van der Waals surface area contributed by atoms with Crippen LogP contribution >= 0.6 is 0 Å². The number of ether oxygens (including phenoxy) is 2. The van der Waals surface area contributed by atoms with Gasteiger partial charge in [-0.05, 0) is 45.3 Å². The van der Waals surface area contributed by atoms with Crippen molar-refractivity contribution in [2.45, 2.75) is 51.9 Å². The highest BCUT2D eigenvalue weighted by molar-refractivity contribution is 5.91. The van der Waals surface area contributed by atoms with Crippen LogP contribution in [0.25, 0.3) is 0 Å². The minimum atomic E-state index is -1.27. The van der Waals surface area contributed by atoms with Gasteiger partial charge in [0.05, 0.1) is 12.5 Å². The Kier molecular flexibility index (Phi) is 6.56.